The van der Waals surface area contributed by atoms with Gasteiger partial charge in [0.05, 0.1) is 0 Å². The number of amides is 4. The highest BCUT2D eigenvalue weighted by molar-refractivity contribution is 5.91. The molecule has 4 N–H and O–H groups in total. The Morgan fingerprint density at radius 1 is 0.735 bits per heavy atom. The van der Waals surface area contributed by atoms with Gasteiger partial charge in [0, 0.05) is 49.7 Å². The van der Waals surface area contributed by atoms with Gasteiger partial charge >= 0.3 is 12.1 Å². The van der Waals surface area contributed by atoms with E-state index >= 15 is 0 Å². The predicted octanol–water partition coefficient (Wildman–Crippen LogP) is 1.01. The first-order valence-corrected chi connectivity index (χ1v) is 10.2. The third-order valence-corrected chi connectivity index (χ3v) is 4.69. The maximum absolute atomic E-state index is 12.2. The van der Waals surface area contributed by atoms with Crippen LogP contribution in [0, 0.1) is 0 Å². The molecule has 174 valence electrons. The molecule has 0 aliphatic carbocycles. The third-order valence-electron chi connectivity index (χ3n) is 4.69. The molecule has 2 aromatic carbocycles. The van der Waals surface area contributed by atoms with E-state index in [1.807, 2.05) is 12.1 Å². The SMILES string of the molecule is Cn1nnnc1-c1cccc(NC(=O)NCCNC(=O)Nc2cccc(-c3nnnn3C)c2)c1. The van der Waals surface area contributed by atoms with Crippen LogP contribution in [0.15, 0.2) is 48.5 Å². The fourth-order valence-electron chi connectivity index (χ4n) is 3.12. The smallest absolute Gasteiger partial charge is 0.319 e. The van der Waals surface area contributed by atoms with E-state index in [0.29, 0.717) is 23.0 Å². The molecule has 4 amide bonds. The first-order valence-electron chi connectivity index (χ1n) is 10.2. The molecule has 2 aromatic heterocycles. The second kappa shape index (κ2) is 10.2. The highest BCUT2D eigenvalue weighted by atomic mass is 16.2. The average molecular weight is 462 g/mol. The number of benzene rings is 2. The van der Waals surface area contributed by atoms with E-state index in [0.717, 1.165) is 11.1 Å². The van der Waals surface area contributed by atoms with E-state index in [1.54, 1.807) is 59.9 Å². The van der Waals surface area contributed by atoms with Crippen LogP contribution in [-0.2, 0) is 14.1 Å². The quantitative estimate of drug-likeness (QED) is 0.295. The fourth-order valence-corrected chi connectivity index (χ4v) is 3.12. The molecule has 0 aliphatic heterocycles. The maximum atomic E-state index is 12.2. The Balaban J connectivity index is 1.21. The largest absolute Gasteiger partial charge is 0.336 e. The summed E-state index contributed by atoms with van der Waals surface area (Å²) in [5, 5.41) is 33.6. The Morgan fingerprint density at radius 3 is 1.56 bits per heavy atom. The summed E-state index contributed by atoms with van der Waals surface area (Å²) >= 11 is 0. The topological polar surface area (TPSA) is 169 Å². The van der Waals surface area contributed by atoms with E-state index in [1.165, 1.54) is 0 Å². The summed E-state index contributed by atoms with van der Waals surface area (Å²) in [7, 11) is 3.47. The highest BCUT2D eigenvalue weighted by Gasteiger charge is 2.09. The van der Waals surface area contributed by atoms with Crippen molar-refractivity contribution in [3.8, 4) is 22.8 Å². The minimum Gasteiger partial charge on any atom is -0.336 e. The number of tetrazole rings is 2. The second-order valence-electron chi connectivity index (χ2n) is 7.18. The number of aryl methyl sites for hydroxylation is 2. The predicted molar refractivity (Wildman–Crippen MR) is 123 cm³/mol. The Kier molecular flexibility index (Phi) is 6.67. The van der Waals surface area contributed by atoms with Gasteiger partial charge in [-0.3, -0.25) is 0 Å². The molecule has 0 saturated carbocycles. The van der Waals surface area contributed by atoms with E-state index in [9.17, 15) is 9.59 Å². The van der Waals surface area contributed by atoms with Gasteiger partial charge in [-0.1, -0.05) is 24.3 Å². The lowest BCUT2D eigenvalue weighted by molar-refractivity contribution is 0.248. The first-order chi connectivity index (χ1) is 16.5. The van der Waals surface area contributed by atoms with Crippen molar-refractivity contribution in [3.63, 3.8) is 0 Å². The molecule has 0 radical (unpaired) electrons. The van der Waals surface area contributed by atoms with Gasteiger partial charge in [0.15, 0.2) is 11.6 Å². The molecule has 0 aliphatic rings. The summed E-state index contributed by atoms with van der Waals surface area (Å²) in [6.45, 7) is 0.466. The number of nitrogens with zero attached hydrogens (tertiary/aromatic N) is 8. The summed E-state index contributed by atoms with van der Waals surface area (Å²) < 4.78 is 3.08. The highest BCUT2D eigenvalue weighted by Crippen LogP contribution is 2.20. The summed E-state index contributed by atoms with van der Waals surface area (Å²) in [5.74, 6) is 1.16. The molecule has 0 spiro atoms. The molecule has 34 heavy (non-hydrogen) atoms. The minimum absolute atomic E-state index is 0.233. The lowest BCUT2D eigenvalue weighted by atomic mass is 10.2. The summed E-state index contributed by atoms with van der Waals surface area (Å²) in [6, 6.07) is 13.5. The van der Waals surface area contributed by atoms with Crippen LogP contribution >= 0.6 is 0 Å². The third kappa shape index (κ3) is 5.48. The van der Waals surface area contributed by atoms with E-state index in [-0.39, 0.29) is 13.1 Å². The number of carbonyl (C=O) groups is 2. The van der Waals surface area contributed by atoms with Gasteiger partial charge < -0.3 is 21.3 Å². The first kappa shape index (κ1) is 22.3. The van der Waals surface area contributed by atoms with Gasteiger partial charge in [0.1, 0.15) is 0 Å². The number of anilines is 2. The molecule has 2 heterocycles. The number of hydrogen-bond donors (Lipinski definition) is 4. The number of aromatic nitrogens is 8. The van der Waals surface area contributed by atoms with Gasteiger partial charge in [-0.2, -0.15) is 0 Å². The minimum atomic E-state index is -0.402. The molecule has 0 atom stereocenters. The number of carbonyl (C=O) groups excluding carboxylic acids is 2. The van der Waals surface area contributed by atoms with Crippen molar-refractivity contribution < 1.29 is 9.59 Å². The number of nitrogens with one attached hydrogen (secondary N) is 4. The molecular formula is C20H22N12O2. The van der Waals surface area contributed by atoms with Crippen LogP contribution in [0.2, 0.25) is 0 Å². The van der Waals surface area contributed by atoms with E-state index in [4.69, 9.17) is 0 Å². The molecular weight excluding hydrogens is 440 g/mol. The van der Waals surface area contributed by atoms with Crippen molar-refractivity contribution in [2.24, 2.45) is 14.1 Å². The summed E-state index contributed by atoms with van der Waals surface area (Å²) in [4.78, 5) is 24.4. The van der Waals surface area contributed by atoms with Gasteiger partial charge in [-0.25, -0.2) is 19.0 Å². The summed E-state index contributed by atoms with van der Waals surface area (Å²) in [6.07, 6.45) is 0. The second-order valence-corrected chi connectivity index (χ2v) is 7.18. The Hall–Kier alpha value is -4.88. The van der Waals surface area contributed by atoms with Crippen LogP contribution in [0.3, 0.4) is 0 Å². The molecule has 0 bridgehead atoms. The molecule has 14 heteroatoms. The van der Waals surface area contributed by atoms with Crippen LogP contribution in [-0.4, -0.2) is 65.6 Å². The molecule has 0 saturated heterocycles. The molecule has 4 rings (SSSR count). The van der Waals surface area contributed by atoms with Crippen molar-refractivity contribution in [3.05, 3.63) is 48.5 Å². The maximum Gasteiger partial charge on any atom is 0.319 e. The van der Waals surface area contributed by atoms with Gasteiger partial charge in [-0.15, -0.1) is 10.2 Å². The standard InChI is InChI=1S/C20H22N12O2/c1-31-17(25-27-29-31)13-5-3-7-15(11-13)23-19(33)21-9-10-22-20(34)24-16-8-4-6-14(12-16)18-26-28-30-32(18)2/h3-8,11-12H,9-10H2,1-2H3,(H2,21,23,33)(H2,22,24,34). The molecule has 4 aromatic rings. The number of hydrogen-bond acceptors (Lipinski definition) is 8. The van der Waals surface area contributed by atoms with Crippen LogP contribution in [0.5, 0.6) is 0 Å². The van der Waals surface area contributed by atoms with Crippen LogP contribution in [0.25, 0.3) is 22.8 Å². The lowest BCUT2D eigenvalue weighted by Crippen LogP contribution is -2.38. The Morgan fingerprint density at radius 2 is 1.18 bits per heavy atom. The van der Waals surface area contributed by atoms with Crippen LogP contribution in [0.4, 0.5) is 21.0 Å². The lowest BCUT2D eigenvalue weighted by Gasteiger charge is -2.11. The van der Waals surface area contributed by atoms with E-state index in [2.05, 4.69) is 52.3 Å². The van der Waals surface area contributed by atoms with Crippen molar-refractivity contribution in [1.82, 2.24) is 51.0 Å². The molecule has 0 fully saturated rings. The van der Waals surface area contributed by atoms with Crippen molar-refractivity contribution >= 4 is 23.4 Å². The number of rotatable bonds is 7. The van der Waals surface area contributed by atoms with Crippen molar-refractivity contribution in [1.29, 1.82) is 0 Å². The average Bonchev–Trinajstić information content (AvgIpc) is 3.45. The number of urea groups is 2. The monoisotopic (exact) mass is 462 g/mol. The molecule has 0 unspecified atom stereocenters. The zero-order valence-corrected chi connectivity index (χ0v) is 18.4. The molecule has 14 nitrogen and oxygen atoms in total. The van der Waals surface area contributed by atoms with Crippen LogP contribution in [0.1, 0.15) is 0 Å². The zero-order chi connectivity index (χ0) is 23.9. The Labute approximate surface area is 193 Å². The van der Waals surface area contributed by atoms with Crippen molar-refractivity contribution in [2.75, 3.05) is 23.7 Å². The fraction of sp³-hybridized carbons (Fsp3) is 0.200. The van der Waals surface area contributed by atoms with Crippen molar-refractivity contribution in [2.45, 2.75) is 0 Å². The zero-order valence-electron chi connectivity index (χ0n) is 18.4. The van der Waals surface area contributed by atoms with Gasteiger partial charge in [-0.05, 0) is 45.1 Å². The van der Waals surface area contributed by atoms with Crippen LogP contribution < -0.4 is 21.3 Å². The normalized spacial score (nSPS) is 10.5. The Bertz CT molecular complexity index is 1200. The van der Waals surface area contributed by atoms with Gasteiger partial charge in [0.25, 0.3) is 0 Å². The summed E-state index contributed by atoms with van der Waals surface area (Å²) in [5.41, 5.74) is 2.70. The van der Waals surface area contributed by atoms with E-state index < -0.39 is 12.1 Å². The van der Waals surface area contributed by atoms with Gasteiger partial charge in [0.2, 0.25) is 0 Å².